The molecule has 11 heteroatoms. The van der Waals surface area contributed by atoms with Gasteiger partial charge < -0.3 is 34.0 Å². The number of benzene rings is 2. The number of rotatable bonds is 9. The molecule has 2 saturated heterocycles. The number of hydrogen-bond donors (Lipinski definition) is 1. The summed E-state index contributed by atoms with van der Waals surface area (Å²) in [7, 11) is 3.29. The van der Waals surface area contributed by atoms with Crippen LogP contribution < -0.4 is 9.64 Å². The number of likely N-dealkylation sites (N-methyl/N-ethyl adjacent to an activating group) is 1. The number of cyclic esters (lactones) is 1. The van der Waals surface area contributed by atoms with E-state index in [1.807, 2.05) is 67.6 Å². The molecular weight excluding hydrogens is 638 g/mol. The zero-order valence-corrected chi connectivity index (χ0v) is 29.0. The fourth-order valence-corrected chi connectivity index (χ4v) is 7.87. The van der Waals surface area contributed by atoms with Crippen LogP contribution in [0.15, 0.2) is 78.9 Å². The molecule has 1 N–H and O–H groups in total. The normalized spacial score (nSPS) is 30.5. The highest BCUT2D eigenvalue weighted by Crippen LogP contribution is 2.53. The Kier molecular flexibility index (Phi) is 10.7. The Labute approximate surface area is 293 Å². The zero-order chi connectivity index (χ0) is 35.4. The molecule has 2 aromatic carbocycles. The molecule has 0 radical (unpaired) electrons. The summed E-state index contributed by atoms with van der Waals surface area (Å²) >= 11 is 0. The maximum Gasteiger partial charge on any atom is 0.313 e. The van der Waals surface area contributed by atoms with E-state index in [0.717, 1.165) is 18.4 Å². The monoisotopic (exact) mass is 685 g/mol. The number of unbranched alkanes of at least 4 members (excludes halogenated alkanes) is 3. The number of ether oxygens (including phenoxy) is 3. The van der Waals surface area contributed by atoms with Crippen LogP contribution in [-0.2, 0) is 28.7 Å². The van der Waals surface area contributed by atoms with Crippen molar-refractivity contribution in [3.63, 3.8) is 0 Å². The van der Waals surface area contributed by atoms with E-state index in [1.165, 1.54) is 0 Å². The van der Waals surface area contributed by atoms with Crippen LogP contribution in [0.2, 0.25) is 0 Å². The van der Waals surface area contributed by atoms with Gasteiger partial charge in [0.1, 0.15) is 29.4 Å². The lowest BCUT2D eigenvalue weighted by molar-refractivity contribution is -0.164. The number of allylic oxidation sites excluding steroid dienone is 1. The smallest absolute Gasteiger partial charge is 0.313 e. The summed E-state index contributed by atoms with van der Waals surface area (Å²) in [5.41, 5.74) is -0.0565. The Hall–Kier alpha value is -4.48. The predicted molar refractivity (Wildman–Crippen MR) is 186 cm³/mol. The molecule has 0 saturated carbocycles. The molecule has 2 fully saturated rings. The highest BCUT2D eigenvalue weighted by atomic mass is 16.6. The Balaban J connectivity index is 1.41. The van der Waals surface area contributed by atoms with Crippen LogP contribution in [-0.4, -0.2) is 96.2 Å². The summed E-state index contributed by atoms with van der Waals surface area (Å²) in [5.74, 6) is -2.73. The fraction of sp³-hybridized carbons (Fsp3) is 0.487. The number of esters is 1. The van der Waals surface area contributed by atoms with E-state index >= 15 is 0 Å². The first kappa shape index (κ1) is 35.3. The van der Waals surface area contributed by atoms with E-state index in [0.29, 0.717) is 37.2 Å². The average molecular weight is 686 g/mol. The highest BCUT2D eigenvalue weighted by molar-refractivity contribution is 6.05. The van der Waals surface area contributed by atoms with Gasteiger partial charge in [0.05, 0.1) is 25.2 Å². The maximum absolute atomic E-state index is 14.8. The second-order valence-corrected chi connectivity index (χ2v) is 13.5. The predicted octanol–water partition coefficient (Wildman–Crippen LogP) is 4.21. The minimum atomic E-state index is -1.43. The van der Waals surface area contributed by atoms with Crippen molar-refractivity contribution in [2.24, 2.45) is 11.8 Å². The Bertz CT molecular complexity index is 1610. The van der Waals surface area contributed by atoms with Crippen molar-refractivity contribution < 1.29 is 38.5 Å². The molecule has 1 spiro atoms. The first-order chi connectivity index (χ1) is 24.2. The molecular formula is C39H47N3O8. The molecule has 0 bridgehead atoms. The van der Waals surface area contributed by atoms with Gasteiger partial charge in [0.15, 0.2) is 0 Å². The zero-order valence-electron chi connectivity index (χ0n) is 29.0. The Morgan fingerprint density at radius 3 is 2.40 bits per heavy atom. The SMILES string of the molecule is COc1ccc(N2CC=C[C@]34O[C@@H]5/C=C\CCC(=O)N(C)[C@H](C)[C@@H](c6ccccc6)OC(=O)[C@@H]5[C@H]3C(=O)N(CCCCCCO)[C@@H]4C2=O)cc1. The number of carbonyl (C=O) groups excluding carboxylic acids is 4. The summed E-state index contributed by atoms with van der Waals surface area (Å²) in [6.07, 6.45) is 9.07. The number of hydrogen-bond acceptors (Lipinski definition) is 8. The van der Waals surface area contributed by atoms with Crippen molar-refractivity contribution in [3.05, 3.63) is 84.5 Å². The van der Waals surface area contributed by atoms with E-state index in [9.17, 15) is 24.3 Å². The number of aliphatic hydroxyl groups is 1. The number of nitrogens with zero attached hydrogens (tertiary/aromatic N) is 3. The van der Waals surface area contributed by atoms with Crippen molar-refractivity contribution >= 4 is 29.4 Å². The molecule has 50 heavy (non-hydrogen) atoms. The lowest BCUT2D eigenvalue weighted by Gasteiger charge is -2.35. The van der Waals surface area contributed by atoms with Crippen LogP contribution in [0.5, 0.6) is 5.75 Å². The largest absolute Gasteiger partial charge is 0.497 e. The number of fused-ring (bicyclic) bond motifs is 2. The average Bonchev–Trinajstić information content (AvgIpc) is 3.51. The van der Waals surface area contributed by atoms with Gasteiger partial charge in [-0.05, 0) is 56.0 Å². The number of amides is 3. The lowest BCUT2D eigenvalue weighted by atomic mass is 9.77. The number of carbonyl (C=O) groups is 4. The summed E-state index contributed by atoms with van der Waals surface area (Å²) < 4.78 is 18.5. The molecule has 4 aliphatic heterocycles. The maximum atomic E-state index is 14.8. The summed E-state index contributed by atoms with van der Waals surface area (Å²) in [6.45, 7) is 2.49. The van der Waals surface area contributed by atoms with Crippen LogP contribution in [0.4, 0.5) is 5.69 Å². The molecule has 266 valence electrons. The van der Waals surface area contributed by atoms with E-state index in [4.69, 9.17) is 14.2 Å². The van der Waals surface area contributed by atoms with Crippen LogP contribution in [0.3, 0.4) is 0 Å². The number of aliphatic hydroxyl groups excluding tert-OH is 1. The Morgan fingerprint density at radius 2 is 1.68 bits per heavy atom. The van der Waals surface area contributed by atoms with E-state index < -0.39 is 47.7 Å². The topological polar surface area (TPSA) is 126 Å². The number of anilines is 1. The van der Waals surface area contributed by atoms with Gasteiger partial charge in [-0.3, -0.25) is 19.2 Å². The van der Waals surface area contributed by atoms with Crippen molar-refractivity contribution in [1.82, 2.24) is 9.80 Å². The van der Waals surface area contributed by atoms with Crippen LogP contribution in [0.1, 0.15) is 57.1 Å². The summed E-state index contributed by atoms with van der Waals surface area (Å²) in [4.78, 5) is 62.1. The number of methoxy groups -OCH3 is 1. The summed E-state index contributed by atoms with van der Waals surface area (Å²) in [5, 5.41) is 9.29. The molecule has 4 aliphatic rings. The Morgan fingerprint density at radius 1 is 0.940 bits per heavy atom. The number of likely N-dealkylation sites (tertiary alicyclic amines) is 1. The van der Waals surface area contributed by atoms with Gasteiger partial charge in [0, 0.05) is 38.9 Å². The molecule has 7 atom stereocenters. The van der Waals surface area contributed by atoms with Crippen LogP contribution in [0.25, 0.3) is 0 Å². The van der Waals surface area contributed by atoms with Gasteiger partial charge in [0.25, 0.3) is 5.91 Å². The molecule has 0 aliphatic carbocycles. The minimum Gasteiger partial charge on any atom is -0.497 e. The molecule has 4 heterocycles. The fourth-order valence-electron chi connectivity index (χ4n) is 7.87. The van der Waals surface area contributed by atoms with Crippen LogP contribution >= 0.6 is 0 Å². The van der Waals surface area contributed by atoms with Gasteiger partial charge in [0.2, 0.25) is 11.8 Å². The van der Waals surface area contributed by atoms with E-state index in [-0.39, 0.29) is 37.3 Å². The highest BCUT2D eigenvalue weighted by Gasteiger charge is 2.71. The van der Waals surface area contributed by atoms with Crippen molar-refractivity contribution in [1.29, 1.82) is 0 Å². The van der Waals surface area contributed by atoms with Gasteiger partial charge in [-0.15, -0.1) is 0 Å². The molecule has 11 nitrogen and oxygen atoms in total. The van der Waals surface area contributed by atoms with Gasteiger partial charge in [-0.25, -0.2) is 0 Å². The first-order valence-corrected chi connectivity index (χ1v) is 17.6. The second kappa shape index (κ2) is 15.2. The summed E-state index contributed by atoms with van der Waals surface area (Å²) in [6, 6.07) is 15.0. The van der Waals surface area contributed by atoms with Gasteiger partial charge >= 0.3 is 5.97 Å². The molecule has 0 aromatic heterocycles. The third-order valence-corrected chi connectivity index (χ3v) is 10.6. The van der Waals surface area contributed by atoms with Crippen molar-refractivity contribution in [2.75, 3.05) is 38.8 Å². The van der Waals surface area contributed by atoms with Crippen LogP contribution in [0, 0.1) is 11.8 Å². The third kappa shape index (κ3) is 6.56. The molecule has 0 unspecified atom stereocenters. The molecule has 3 amide bonds. The second-order valence-electron chi connectivity index (χ2n) is 13.5. The first-order valence-electron chi connectivity index (χ1n) is 17.6. The standard InChI is InChI=1S/C39H47N3O8/c1-26-34(27-14-7-6-8-15-27)49-38(47)32-30(16-9-10-17-31(44)40(26)2)50-39-22-13-24-41(28-18-20-29(48-3)21-19-28)37(46)35(39)42(36(45)33(32)39)23-11-4-5-12-25-43/h6-9,13-16,18-22,26,30,32-35,43H,4-5,10-12,17,23-25H2,1-3H3/b16-9-/t26-,30-,32+,33+,34+,35-,39+/m1/s1. The molecule has 6 rings (SSSR count). The van der Waals surface area contributed by atoms with Gasteiger partial charge in [-0.2, -0.15) is 0 Å². The minimum absolute atomic E-state index is 0.0835. The van der Waals surface area contributed by atoms with Crippen molar-refractivity contribution in [2.45, 2.75) is 75.3 Å². The third-order valence-electron chi connectivity index (χ3n) is 10.6. The van der Waals surface area contributed by atoms with Gasteiger partial charge in [-0.1, -0.05) is 67.5 Å². The van der Waals surface area contributed by atoms with E-state index in [2.05, 4.69) is 0 Å². The van der Waals surface area contributed by atoms with Crippen molar-refractivity contribution in [3.8, 4) is 5.75 Å². The molecule has 2 aromatic rings. The van der Waals surface area contributed by atoms with E-state index in [1.54, 1.807) is 47.1 Å². The quantitative estimate of drug-likeness (QED) is 0.237. The lowest BCUT2D eigenvalue weighted by Crippen LogP contribution is -2.55.